The maximum Gasteiger partial charge on any atom is 0.339 e. The first kappa shape index (κ1) is 19.5. The molecule has 1 atom stereocenters. The zero-order chi connectivity index (χ0) is 20.9. The maximum absolute atomic E-state index is 12.7. The molecule has 1 unspecified atom stereocenters. The molecular weight excluding hydrogens is 382 g/mol. The molecule has 0 aliphatic carbocycles. The van der Waals surface area contributed by atoms with E-state index in [2.05, 4.69) is 5.32 Å². The van der Waals surface area contributed by atoms with E-state index >= 15 is 0 Å². The third kappa shape index (κ3) is 4.43. The summed E-state index contributed by atoms with van der Waals surface area (Å²) >= 11 is 0. The highest BCUT2D eigenvalue weighted by molar-refractivity contribution is 5.98. The third-order valence-corrected chi connectivity index (χ3v) is 4.77. The monoisotopic (exact) mass is 403 g/mol. The summed E-state index contributed by atoms with van der Waals surface area (Å²) in [7, 11) is 0. The Bertz CT molecular complexity index is 1060. The number of hydrogen-bond acceptors (Lipinski definition) is 5. The van der Waals surface area contributed by atoms with Gasteiger partial charge in [0.15, 0.2) is 17.6 Å². The Morgan fingerprint density at radius 2 is 1.70 bits per heavy atom. The molecule has 6 nitrogen and oxygen atoms in total. The Labute approximate surface area is 174 Å². The van der Waals surface area contributed by atoms with Crippen LogP contribution in [0.1, 0.15) is 28.4 Å². The summed E-state index contributed by atoms with van der Waals surface area (Å²) in [5.74, 6) is 0.229. The molecule has 152 valence electrons. The van der Waals surface area contributed by atoms with Gasteiger partial charge in [-0.3, -0.25) is 4.79 Å². The summed E-state index contributed by atoms with van der Waals surface area (Å²) in [5, 5.41) is 2.73. The van der Waals surface area contributed by atoms with Crippen LogP contribution in [0.15, 0.2) is 72.8 Å². The molecule has 4 rings (SSSR count). The van der Waals surface area contributed by atoms with Gasteiger partial charge in [0.1, 0.15) is 0 Å². The molecule has 3 aromatic carbocycles. The highest BCUT2D eigenvalue weighted by Gasteiger charge is 2.22. The molecule has 0 bridgehead atoms. The van der Waals surface area contributed by atoms with Gasteiger partial charge in [-0.2, -0.15) is 0 Å². The number of ether oxygens (including phenoxy) is 3. The van der Waals surface area contributed by atoms with Gasteiger partial charge in [0, 0.05) is 11.8 Å². The first-order valence-electron chi connectivity index (χ1n) is 9.63. The summed E-state index contributed by atoms with van der Waals surface area (Å²) in [6.07, 6.45) is -0.364. The quantitative estimate of drug-likeness (QED) is 0.625. The van der Waals surface area contributed by atoms with Crippen molar-refractivity contribution in [2.75, 3.05) is 12.1 Å². The van der Waals surface area contributed by atoms with Gasteiger partial charge in [0.25, 0.3) is 5.91 Å². The standard InChI is InChI=1S/C24H21NO5/c1-16(23(26)25-19-11-12-21-22(14-19)29-15-28-21)30-24(27)20-10-6-5-9-18(20)13-17-7-3-2-4-8-17/h2-12,14,16H,13,15H2,1H3,(H,25,26). The maximum atomic E-state index is 12.7. The lowest BCUT2D eigenvalue weighted by atomic mass is 10.00. The second-order valence-corrected chi connectivity index (χ2v) is 6.92. The summed E-state index contributed by atoms with van der Waals surface area (Å²) < 4.78 is 16.0. The van der Waals surface area contributed by atoms with Crippen LogP contribution in [0, 0.1) is 0 Å². The van der Waals surface area contributed by atoms with Crippen molar-refractivity contribution in [1.29, 1.82) is 0 Å². The molecule has 6 heteroatoms. The molecule has 0 spiro atoms. The van der Waals surface area contributed by atoms with Crippen LogP contribution in [0.3, 0.4) is 0 Å². The van der Waals surface area contributed by atoms with E-state index in [-0.39, 0.29) is 6.79 Å². The van der Waals surface area contributed by atoms with Crippen molar-refractivity contribution in [3.63, 3.8) is 0 Å². The van der Waals surface area contributed by atoms with Gasteiger partial charge < -0.3 is 19.5 Å². The third-order valence-electron chi connectivity index (χ3n) is 4.77. The lowest BCUT2D eigenvalue weighted by Crippen LogP contribution is -2.30. The number of carbonyl (C=O) groups is 2. The van der Waals surface area contributed by atoms with E-state index in [1.807, 2.05) is 42.5 Å². The van der Waals surface area contributed by atoms with E-state index in [1.54, 1.807) is 37.3 Å². The number of rotatable bonds is 6. The SMILES string of the molecule is CC(OC(=O)c1ccccc1Cc1ccccc1)C(=O)Nc1ccc2c(c1)OCO2. The summed E-state index contributed by atoms with van der Waals surface area (Å²) in [4.78, 5) is 25.2. The Balaban J connectivity index is 1.41. The second kappa shape index (κ2) is 8.69. The Morgan fingerprint density at radius 3 is 2.53 bits per heavy atom. The van der Waals surface area contributed by atoms with Crippen molar-refractivity contribution < 1.29 is 23.8 Å². The van der Waals surface area contributed by atoms with Gasteiger partial charge in [-0.1, -0.05) is 48.5 Å². The van der Waals surface area contributed by atoms with Crippen LogP contribution in [-0.4, -0.2) is 24.8 Å². The summed E-state index contributed by atoms with van der Waals surface area (Å²) in [6, 6.07) is 22.2. The number of anilines is 1. The lowest BCUT2D eigenvalue weighted by molar-refractivity contribution is -0.123. The van der Waals surface area contributed by atoms with E-state index in [9.17, 15) is 9.59 Å². The number of amides is 1. The zero-order valence-electron chi connectivity index (χ0n) is 16.5. The van der Waals surface area contributed by atoms with E-state index < -0.39 is 18.0 Å². The molecule has 0 radical (unpaired) electrons. The fourth-order valence-corrected chi connectivity index (χ4v) is 3.19. The van der Waals surface area contributed by atoms with Crippen molar-refractivity contribution in [2.24, 2.45) is 0 Å². The molecule has 0 saturated carbocycles. The van der Waals surface area contributed by atoms with E-state index in [4.69, 9.17) is 14.2 Å². The minimum Gasteiger partial charge on any atom is -0.454 e. The number of benzene rings is 3. The number of nitrogens with one attached hydrogen (secondary N) is 1. The summed E-state index contributed by atoms with van der Waals surface area (Å²) in [5.41, 5.74) is 2.92. The topological polar surface area (TPSA) is 73.9 Å². The number of esters is 1. The van der Waals surface area contributed by atoms with Crippen molar-refractivity contribution >= 4 is 17.6 Å². The second-order valence-electron chi connectivity index (χ2n) is 6.92. The Morgan fingerprint density at radius 1 is 0.967 bits per heavy atom. The molecule has 1 aliphatic rings. The highest BCUT2D eigenvalue weighted by atomic mass is 16.7. The van der Waals surface area contributed by atoms with Crippen molar-refractivity contribution in [3.05, 3.63) is 89.5 Å². The van der Waals surface area contributed by atoms with Crippen LogP contribution in [0.4, 0.5) is 5.69 Å². The number of fused-ring (bicyclic) bond motifs is 1. The largest absolute Gasteiger partial charge is 0.454 e. The molecule has 1 amide bonds. The van der Waals surface area contributed by atoms with Crippen molar-refractivity contribution in [2.45, 2.75) is 19.4 Å². The molecule has 3 aromatic rings. The molecule has 30 heavy (non-hydrogen) atoms. The Hall–Kier alpha value is -3.80. The lowest BCUT2D eigenvalue weighted by Gasteiger charge is -2.15. The van der Waals surface area contributed by atoms with Gasteiger partial charge in [0.05, 0.1) is 5.56 Å². The molecule has 1 heterocycles. The fraction of sp³-hybridized carbons (Fsp3) is 0.167. The van der Waals surface area contributed by atoms with Gasteiger partial charge in [0.2, 0.25) is 6.79 Å². The van der Waals surface area contributed by atoms with Crippen molar-refractivity contribution in [3.8, 4) is 11.5 Å². The summed E-state index contributed by atoms with van der Waals surface area (Å²) in [6.45, 7) is 1.70. The molecule has 1 aliphatic heterocycles. The molecule has 1 N–H and O–H groups in total. The molecule has 0 fully saturated rings. The Kier molecular flexibility index (Phi) is 5.66. The fourth-order valence-electron chi connectivity index (χ4n) is 3.19. The van der Waals surface area contributed by atoms with Crippen LogP contribution in [0.2, 0.25) is 0 Å². The number of carbonyl (C=O) groups excluding carboxylic acids is 2. The molecule has 0 saturated heterocycles. The normalized spacial score (nSPS) is 12.8. The van der Waals surface area contributed by atoms with Crippen molar-refractivity contribution in [1.82, 2.24) is 0 Å². The number of hydrogen-bond donors (Lipinski definition) is 1. The van der Waals surface area contributed by atoms with Gasteiger partial charge in [-0.15, -0.1) is 0 Å². The van der Waals surface area contributed by atoms with E-state index in [1.165, 1.54) is 0 Å². The van der Waals surface area contributed by atoms with Gasteiger partial charge in [-0.05, 0) is 42.7 Å². The smallest absolute Gasteiger partial charge is 0.339 e. The van der Waals surface area contributed by atoms with Gasteiger partial charge >= 0.3 is 5.97 Å². The van der Waals surface area contributed by atoms with Crippen LogP contribution in [0.25, 0.3) is 0 Å². The zero-order valence-corrected chi connectivity index (χ0v) is 16.5. The van der Waals surface area contributed by atoms with Crippen LogP contribution < -0.4 is 14.8 Å². The minimum atomic E-state index is -0.965. The molecule has 0 aromatic heterocycles. The molecular formula is C24H21NO5. The highest BCUT2D eigenvalue weighted by Crippen LogP contribution is 2.34. The van der Waals surface area contributed by atoms with E-state index in [0.717, 1.165) is 11.1 Å². The first-order chi connectivity index (χ1) is 14.6. The predicted molar refractivity (Wildman–Crippen MR) is 112 cm³/mol. The van der Waals surface area contributed by atoms with Crippen LogP contribution in [0.5, 0.6) is 11.5 Å². The average molecular weight is 403 g/mol. The van der Waals surface area contributed by atoms with Crippen LogP contribution >= 0.6 is 0 Å². The van der Waals surface area contributed by atoms with Gasteiger partial charge in [-0.25, -0.2) is 4.79 Å². The van der Waals surface area contributed by atoms with Crippen LogP contribution in [-0.2, 0) is 16.0 Å². The average Bonchev–Trinajstić information content (AvgIpc) is 3.22. The van der Waals surface area contributed by atoms with E-state index in [0.29, 0.717) is 29.2 Å². The first-order valence-corrected chi connectivity index (χ1v) is 9.63. The predicted octanol–water partition coefficient (Wildman–Crippen LogP) is 4.19. The minimum absolute atomic E-state index is 0.156.